The van der Waals surface area contributed by atoms with E-state index in [0.717, 1.165) is 17.7 Å². The summed E-state index contributed by atoms with van der Waals surface area (Å²) in [6, 6.07) is 6.05. The van der Waals surface area contributed by atoms with Crippen LogP contribution in [-0.4, -0.2) is 18.6 Å². The van der Waals surface area contributed by atoms with Crippen molar-refractivity contribution < 1.29 is 9.53 Å². The van der Waals surface area contributed by atoms with Crippen molar-refractivity contribution in [1.82, 2.24) is 5.32 Å². The van der Waals surface area contributed by atoms with Crippen LogP contribution in [0, 0.1) is 13.8 Å². The Kier molecular flexibility index (Phi) is 5.01. The summed E-state index contributed by atoms with van der Waals surface area (Å²) in [5.74, 6) is 0.713. The van der Waals surface area contributed by atoms with E-state index in [1.807, 2.05) is 45.9 Å². The summed E-state index contributed by atoms with van der Waals surface area (Å²) < 4.78 is 5.51. The summed E-state index contributed by atoms with van der Waals surface area (Å²) in [5.41, 5.74) is 2.26. The second kappa shape index (κ2) is 6.28. The van der Waals surface area contributed by atoms with E-state index in [-0.39, 0.29) is 18.6 Å². The Morgan fingerprint density at radius 1 is 1.41 bits per heavy atom. The van der Waals surface area contributed by atoms with Crippen LogP contribution < -0.4 is 10.1 Å². The first-order valence-electron chi connectivity index (χ1n) is 6.03. The Bertz CT molecular complexity index is 388. The van der Waals surface area contributed by atoms with Gasteiger partial charge in [-0.15, -0.1) is 0 Å². The van der Waals surface area contributed by atoms with Crippen molar-refractivity contribution in [2.45, 2.75) is 40.2 Å². The molecule has 1 amide bonds. The molecule has 1 N–H and O–H groups in total. The third-order valence-corrected chi connectivity index (χ3v) is 2.93. The molecule has 1 aromatic rings. The van der Waals surface area contributed by atoms with Crippen LogP contribution in [0.2, 0.25) is 0 Å². The zero-order valence-electron chi connectivity index (χ0n) is 11.0. The van der Waals surface area contributed by atoms with Crippen molar-refractivity contribution in [2.24, 2.45) is 0 Å². The lowest BCUT2D eigenvalue weighted by molar-refractivity contribution is -0.123. The van der Waals surface area contributed by atoms with Crippen LogP contribution in [0.25, 0.3) is 0 Å². The summed E-state index contributed by atoms with van der Waals surface area (Å²) in [7, 11) is 0. The molecule has 0 saturated heterocycles. The van der Waals surface area contributed by atoms with E-state index < -0.39 is 0 Å². The molecule has 0 spiro atoms. The van der Waals surface area contributed by atoms with E-state index in [1.54, 1.807) is 0 Å². The first-order valence-corrected chi connectivity index (χ1v) is 6.03. The molecule has 0 aliphatic heterocycles. The Hall–Kier alpha value is -1.51. The smallest absolute Gasteiger partial charge is 0.258 e. The van der Waals surface area contributed by atoms with Gasteiger partial charge in [0, 0.05) is 6.04 Å². The molecule has 1 aromatic carbocycles. The third kappa shape index (κ3) is 4.10. The number of hydrogen-bond acceptors (Lipinski definition) is 2. The van der Waals surface area contributed by atoms with Crippen LogP contribution in [0.1, 0.15) is 31.4 Å². The maximum atomic E-state index is 11.5. The zero-order chi connectivity index (χ0) is 12.8. The molecule has 0 aliphatic rings. The van der Waals surface area contributed by atoms with Crippen LogP contribution >= 0.6 is 0 Å². The summed E-state index contributed by atoms with van der Waals surface area (Å²) in [5, 5.41) is 2.87. The van der Waals surface area contributed by atoms with E-state index in [4.69, 9.17) is 4.74 Å². The molecule has 3 heteroatoms. The monoisotopic (exact) mass is 235 g/mol. The van der Waals surface area contributed by atoms with Crippen molar-refractivity contribution in [3.63, 3.8) is 0 Å². The Balaban J connectivity index is 2.50. The van der Waals surface area contributed by atoms with Crippen molar-refractivity contribution in [2.75, 3.05) is 6.61 Å². The molecule has 0 bridgehead atoms. The van der Waals surface area contributed by atoms with Gasteiger partial charge in [0.2, 0.25) is 0 Å². The molecule has 1 rings (SSSR count). The first kappa shape index (κ1) is 13.6. The van der Waals surface area contributed by atoms with Crippen LogP contribution in [0.15, 0.2) is 18.2 Å². The molecule has 1 atom stereocenters. The molecule has 0 radical (unpaired) electrons. The van der Waals surface area contributed by atoms with Gasteiger partial charge >= 0.3 is 0 Å². The van der Waals surface area contributed by atoms with E-state index in [1.165, 1.54) is 5.56 Å². The zero-order valence-corrected chi connectivity index (χ0v) is 11.0. The van der Waals surface area contributed by atoms with E-state index in [0.29, 0.717) is 0 Å². The molecule has 3 nitrogen and oxygen atoms in total. The molecule has 17 heavy (non-hydrogen) atoms. The normalized spacial score (nSPS) is 12.0. The summed E-state index contributed by atoms with van der Waals surface area (Å²) in [4.78, 5) is 11.5. The summed E-state index contributed by atoms with van der Waals surface area (Å²) in [6.07, 6.45) is 0.926. The van der Waals surface area contributed by atoms with Gasteiger partial charge in [0.05, 0.1) is 0 Å². The SMILES string of the molecule is CC[C@H](C)NC(=O)COc1cccc(C)c1C. The van der Waals surface area contributed by atoms with Gasteiger partial charge < -0.3 is 10.1 Å². The third-order valence-electron chi connectivity index (χ3n) is 2.93. The van der Waals surface area contributed by atoms with E-state index in [2.05, 4.69) is 5.32 Å². The second-order valence-electron chi connectivity index (χ2n) is 4.36. The number of amides is 1. The average molecular weight is 235 g/mol. The lowest BCUT2D eigenvalue weighted by Gasteiger charge is -2.13. The van der Waals surface area contributed by atoms with E-state index in [9.17, 15) is 4.79 Å². The van der Waals surface area contributed by atoms with Gasteiger partial charge in [-0.25, -0.2) is 0 Å². The minimum absolute atomic E-state index is 0.0692. The molecule has 0 unspecified atom stereocenters. The van der Waals surface area contributed by atoms with Crippen LogP contribution in [-0.2, 0) is 4.79 Å². The van der Waals surface area contributed by atoms with Crippen molar-refractivity contribution >= 4 is 5.91 Å². The maximum absolute atomic E-state index is 11.5. The number of carbonyl (C=O) groups is 1. The Morgan fingerprint density at radius 3 is 2.76 bits per heavy atom. The van der Waals surface area contributed by atoms with Gasteiger partial charge in [-0.1, -0.05) is 19.1 Å². The fourth-order valence-electron chi connectivity index (χ4n) is 1.44. The molecule has 0 aliphatic carbocycles. The molecular formula is C14H21NO2. The fourth-order valence-corrected chi connectivity index (χ4v) is 1.44. The fraction of sp³-hybridized carbons (Fsp3) is 0.500. The highest BCUT2D eigenvalue weighted by molar-refractivity contribution is 5.77. The lowest BCUT2D eigenvalue weighted by atomic mass is 10.1. The van der Waals surface area contributed by atoms with Gasteiger partial charge in [-0.3, -0.25) is 4.79 Å². The van der Waals surface area contributed by atoms with Crippen molar-refractivity contribution in [3.05, 3.63) is 29.3 Å². The Labute approximate surface area is 103 Å². The predicted molar refractivity (Wildman–Crippen MR) is 69.3 cm³/mol. The largest absolute Gasteiger partial charge is 0.483 e. The summed E-state index contributed by atoms with van der Waals surface area (Å²) >= 11 is 0. The quantitative estimate of drug-likeness (QED) is 0.852. The van der Waals surface area contributed by atoms with Gasteiger partial charge in [0.1, 0.15) is 5.75 Å². The number of hydrogen-bond donors (Lipinski definition) is 1. The van der Waals surface area contributed by atoms with Crippen molar-refractivity contribution in [1.29, 1.82) is 0 Å². The molecule has 94 valence electrons. The van der Waals surface area contributed by atoms with Gasteiger partial charge in [0.15, 0.2) is 6.61 Å². The van der Waals surface area contributed by atoms with E-state index >= 15 is 0 Å². The number of aryl methyl sites for hydroxylation is 1. The van der Waals surface area contributed by atoms with Crippen LogP contribution in [0.3, 0.4) is 0 Å². The summed E-state index contributed by atoms with van der Waals surface area (Å²) in [6.45, 7) is 8.12. The molecule has 0 heterocycles. The van der Waals surface area contributed by atoms with Crippen molar-refractivity contribution in [3.8, 4) is 5.75 Å². The average Bonchev–Trinajstić information content (AvgIpc) is 2.31. The topological polar surface area (TPSA) is 38.3 Å². The maximum Gasteiger partial charge on any atom is 0.258 e. The lowest BCUT2D eigenvalue weighted by Crippen LogP contribution is -2.35. The standard InChI is InChI=1S/C14H21NO2/c1-5-11(3)15-14(16)9-17-13-8-6-7-10(2)12(13)4/h6-8,11H,5,9H2,1-4H3,(H,15,16)/t11-/m0/s1. The number of benzene rings is 1. The van der Waals surface area contributed by atoms with Crippen LogP contribution in [0.5, 0.6) is 5.75 Å². The minimum Gasteiger partial charge on any atom is -0.483 e. The number of ether oxygens (including phenoxy) is 1. The molecule has 0 fully saturated rings. The van der Waals surface area contributed by atoms with Gasteiger partial charge in [-0.05, 0) is 44.4 Å². The van der Waals surface area contributed by atoms with Gasteiger partial charge in [-0.2, -0.15) is 0 Å². The number of rotatable bonds is 5. The Morgan fingerprint density at radius 2 is 2.12 bits per heavy atom. The molecule has 0 aromatic heterocycles. The van der Waals surface area contributed by atoms with Crippen LogP contribution in [0.4, 0.5) is 0 Å². The minimum atomic E-state index is -0.0692. The highest BCUT2D eigenvalue weighted by Crippen LogP contribution is 2.20. The first-order chi connectivity index (χ1) is 8.04. The van der Waals surface area contributed by atoms with Gasteiger partial charge in [0.25, 0.3) is 5.91 Å². The molecule has 0 saturated carbocycles. The number of nitrogens with one attached hydrogen (secondary N) is 1. The molecular weight excluding hydrogens is 214 g/mol. The predicted octanol–water partition coefficient (Wildman–Crippen LogP) is 2.60. The highest BCUT2D eigenvalue weighted by atomic mass is 16.5. The second-order valence-corrected chi connectivity index (χ2v) is 4.36. The highest BCUT2D eigenvalue weighted by Gasteiger charge is 2.07. The number of carbonyl (C=O) groups excluding carboxylic acids is 1.